The monoisotopic (exact) mass is 1140 g/mol. The van der Waals surface area contributed by atoms with Crippen LogP contribution < -0.4 is 64.6 Å². The SMILES string of the molecule is C=C(N)NCCC[C@H](NC(=O)[C@H](C)NC(=O)[C@H](CC(C)=O)NC(=O)[C@H](C)NC(=O)[C@@H](NC(=O)[C@@H]1CCCN1C(=O)[C@H](CCCNC(=N)N)NC(=O)CCCCCCCCCCCCCCC)C(C)C)C(=O)N[C@@H](CC(C)C)C(=O)NC. The summed E-state index contributed by atoms with van der Waals surface area (Å²) in [6.07, 6.45) is 17.1. The minimum absolute atomic E-state index is 0.0441. The predicted octanol–water partition coefficient (Wildman–Crippen LogP) is 2.38. The second-order valence-corrected chi connectivity index (χ2v) is 22.4. The molecule has 8 atom stereocenters. The fourth-order valence-corrected chi connectivity index (χ4v) is 9.46. The number of nitrogens with one attached hydrogen (secondary N) is 11. The van der Waals surface area contributed by atoms with Gasteiger partial charge < -0.3 is 69.5 Å². The van der Waals surface area contributed by atoms with Crippen LogP contribution in [0.1, 0.15) is 197 Å². The number of hydrogen-bond acceptors (Lipinski definition) is 13. The van der Waals surface area contributed by atoms with E-state index in [0.717, 1.165) is 19.3 Å². The zero-order chi connectivity index (χ0) is 61.0. The van der Waals surface area contributed by atoms with Crippen molar-refractivity contribution in [3.05, 3.63) is 12.4 Å². The molecule has 462 valence electrons. The first kappa shape index (κ1) is 72.5. The van der Waals surface area contributed by atoms with Gasteiger partial charge in [0.2, 0.25) is 53.2 Å². The van der Waals surface area contributed by atoms with Crippen molar-refractivity contribution in [1.82, 2.24) is 58.1 Å². The van der Waals surface area contributed by atoms with Crippen LogP contribution in [-0.2, 0) is 47.9 Å². The molecule has 1 aliphatic rings. The molecule has 1 aliphatic heterocycles. The molecule has 9 amide bonds. The van der Waals surface area contributed by atoms with E-state index in [9.17, 15) is 47.9 Å². The molecule has 0 aliphatic carbocycles. The number of amides is 9. The highest BCUT2D eigenvalue weighted by Gasteiger charge is 2.40. The van der Waals surface area contributed by atoms with Crippen molar-refractivity contribution in [2.45, 2.75) is 245 Å². The van der Waals surface area contributed by atoms with Crippen LogP contribution in [0.3, 0.4) is 0 Å². The number of likely N-dealkylation sites (N-methyl/N-ethyl adjacent to an activating group) is 1. The molecule has 81 heavy (non-hydrogen) atoms. The van der Waals surface area contributed by atoms with Gasteiger partial charge in [-0.1, -0.05) is 118 Å². The fraction of sp³-hybridized carbons (Fsp3) is 0.772. The first-order chi connectivity index (χ1) is 38.3. The number of carbonyl (C=O) groups excluding carboxylic acids is 10. The maximum absolute atomic E-state index is 14.2. The number of nitrogens with two attached hydrogens (primary N) is 2. The van der Waals surface area contributed by atoms with Crippen molar-refractivity contribution >= 4 is 64.9 Å². The Balaban J connectivity index is 3.03. The number of unbranched alkanes of at least 4 members (excludes halogenated alkanes) is 12. The van der Waals surface area contributed by atoms with Gasteiger partial charge in [-0.05, 0) is 84.0 Å². The summed E-state index contributed by atoms with van der Waals surface area (Å²) in [7, 11) is 1.44. The lowest BCUT2D eigenvalue weighted by molar-refractivity contribution is -0.142. The van der Waals surface area contributed by atoms with Crippen LogP contribution in [0.25, 0.3) is 0 Å². The standard InChI is InChI=1S/C57H104N14O10/c1-11-12-13-14-15-16-17-18-19-20-21-22-23-30-47(73)66-43(28-25-32-63-57(59)60)56(81)71-33-26-29-46(71)54(79)70-48(37(4)5)55(80)65-40(8)50(75)68-45(35-38(6)72)53(78)64-39(7)49(74)67-42(27-24-31-62-41(9)58)52(77)69-44(34-36(2)3)51(76)61-10/h36-37,39-40,42-46,48,62H,9,11-35,58H2,1-8,10H3,(H,61,76)(H,64,78)(H,65,80)(H,66,73)(H,67,74)(H,68,75)(H,69,77)(H,70,79)(H4,59,60,63)/t39-,40-,42-,43-,44-,45-,46-,48-/m0/s1. The Morgan fingerprint density at radius 1 is 0.580 bits per heavy atom. The van der Waals surface area contributed by atoms with E-state index in [1.807, 2.05) is 13.8 Å². The van der Waals surface area contributed by atoms with Gasteiger partial charge in [0.1, 0.15) is 54.1 Å². The molecular weight excluding hydrogens is 1040 g/mol. The molecule has 1 heterocycles. The van der Waals surface area contributed by atoms with E-state index in [2.05, 4.69) is 66.7 Å². The Hall–Kier alpha value is -6.49. The third-order valence-electron chi connectivity index (χ3n) is 14.1. The van der Waals surface area contributed by atoms with E-state index >= 15 is 0 Å². The van der Waals surface area contributed by atoms with Gasteiger partial charge in [0.25, 0.3) is 0 Å². The normalized spacial score (nSPS) is 15.6. The Kier molecular flexibility index (Phi) is 36.4. The molecule has 0 aromatic carbocycles. The highest BCUT2D eigenvalue weighted by Crippen LogP contribution is 2.21. The van der Waals surface area contributed by atoms with Gasteiger partial charge in [0.15, 0.2) is 5.96 Å². The van der Waals surface area contributed by atoms with Crippen LogP contribution in [-0.4, -0.2) is 145 Å². The van der Waals surface area contributed by atoms with Crippen molar-refractivity contribution in [3.8, 4) is 0 Å². The average Bonchev–Trinajstić information content (AvgIpc) is 3.90. The lowest BCUT2D eigenvalue weighted by Gasteiger charge is -2.31. The minimum atomic E-state index is -1.49. The maximum Gasteiger partial charge on any atom is 0.245 e. The number of hydrogen-bond donors (Lipinski definition) is 13. The quantitative estimate of drug-likeness (QED) is 0.0237. The molecule has 0 aromatic rings. The van der Waals surface area contributed by atoms with Gasteiger partial charge in [0, 0.05) is 39.5 Å². The van der Waals surface area contributed by atoms with Crippen LogP contribution in [0, 0.1) is 17.2 Å². The van der Waals surface area contributed by atoms with Gasteiger partial charge in [-0.15, -0.1) is 0 Å². The summed E-state index contributed by atoms with van der Waals surface area (Å²) in [6.45, 7) is 17.7. The number of Topliss-reactive ketones (excluding diaryl/α,β-unsaturated/α-hetero) is 1. The van der Waals surface area contributed by atoms with E-state index in [1.54, 1.807) is 13.8 Å². The Morgan fingerprint density at radius 3 is 1.58 bits per heavy atom. The summed E-state index contributed by atoms with van der Waals surface area (Å²) in [4.78, 5) is 136. The fourth-order valence-electron chi connectivity index (χ4n) is 9.46. The van der Waals surface area contributed by atoms with E-state index in [0.29, 0.717) is 51.6 Å². The second kappa shape index (κ2) is 40.6. The number of rotatable bonds is 43. The van der Waals surface area contributed by atoms with E-state index < -0.39 is 114 Å². The maximum atomic E-state index is 14.2. The van der Waals surface area contributed by atoms with Gasteiger partial charge in [-0.25, -0.2) is 0 Å². The zero-order valence-electron chi connectivity index (χ0n) is 50.3. The van der Waals surface area contributed by atoms with Crippen molar-refractivity contribution in [1.29, 1.82) is 5.41 Å². The summed E-state index contributed by atoms with van der Waals surface area (Å²) >= 11 is 0. The van der Waals surface area contributed by atoms with Crippen LogP contribution in [0.15, 0.2) is 12.4 Å². The first-order valence-electron chi connectivity index (χ1n) is 29.7. The van der Waals surface area contributed by atoms with Crippen LogP contribution in [0.2, 0.25) is 0 Å². The Bertz CT molecular complexity index is 2040. The topological polar surface area (TPSA) is 370 Å². The third kappa shape index (κ3) is 30.8. The molecule has 1 fully saturated rings. The van der Waals surface area contributed by atoms with Crippen molar-refractivity contribution < 1.29 is 47.9 Å². The molecule has 1 saturated heterocycles. The smallest absolute Gasteiger partial charge is 0.245 e. The van der Waals surface area contributed by atoms with E-state index in [1.165, 1.54) is 90.5 Å². The van der Waals surface area contributed by atoms with E-state index in [-0.39, 0.29) is 49.4 Å². The molecule has 0 unspecified atom stereocenters. The molecule has 0 aromatic heterocycles. The van der Waals surface area contributed by atoms with Crippen LogP contribution in [0.5, 0.6) is 0 Å². The summed E-state index contributed by atoms with van der Waals surface area (Å²) in [5.41, 5.74) is 11.1. The molecule has 1 rings (SSSR count). The predicted molar refractivity (Wildman–Crippen MR) is 313 cm³/mol. The number of ketones is 1. The van der Waals surface area contributed by atoms with Gasteiger partial charge >= 0.3 is 0 Å². The highest BCUT2D eigenvalue weighted by atomic mass is 16.2. The highest BCUT2D eigenvalue weighted by molar-refractivity contribution is 5.99. The average molecular weight is 1150 g/mol. The number of likely N-dealkylation sites (tertiary alicyclic amines) is 1. The lowest BCUT2D eigenvalue weighted by atomic mass is 10.0. The summed E-state index contributed by atoms with van der Waals surface area (Å²) in [5, 5.41) is 34.2. The Morgan fingerprint density at radius 2 is 1.07 bits per heavy atom. The van der Waals surface area contributed by atoms with Crippen molar-refractivity contribution in [3.63, 3.8) is 0 Å². The van der Waals surface area contributed by atoms with Gasteiger partial charge in [-0.3, -0.25) is 53.4 Å². The van der Waals surface area contributed by atoms with Crippen molar-refractivity contribution in [2.24, 2.45) is 23.3 Å². The van der Waals surface area contributed by atoms with Crippen LogP contribution >= 0.6 is 0 Å². The number of carbonyl (C=O) groups is 10. The lowest BCUT2D eigenvalue weighted by Crippen LogP contribution is -2.60. The Labute approximate surface area is 482 Å². The molecular formula is C57H104N14O10. The van der Waals surface area contributed by atoms with E-state index in [4.69, 9.17) is 16.9 Å². The molecule has 24 nitrogen and oxygen atoms in total. The third-order valence-corrected chi connectivity index (χ3v) is 14.1. The summed E-state index contributed by atoms with van der Waals surface area (Å²) < 4.78 is 0. The molecule has 0 spiro atoms. The minimum Gasteiger partial charge on any atom is -0.386 e. The molecule has 0 radical (unpaired) electrons. The number of guanidine groups is 1. The molecule has 0 saturated carbocycles. The largest absolute Gasteiger partial charge is 0.386 e. The molecule has 15 N–H and O–H groups in total. The number of nitrogens with zero attached hydrogens (tertiary/aromatic N) is 1. The first-order valence-corrected chi connectivity index (χ1v) is 29.7. The second-order valence-electron chi connectivity index (χ2n) is 22.4. The van der Waals surface area contributed by atoms with Gasteiger partial charge in [0.05, 0.1) is 5.82 Å². The molecule has 24 heteroatoms. The van der Waals surface area contributed by atoms with Gasteiger partial charge in [-0.2, -0.15) is 0 Å². The van der Waals surface area contributed by atoms with Crippen LogP contribution in [0.4, 0.5) is 0 Å². The summed E-state index contributed by atoms with van der Waals surface area (Å²) in [6, 6.07) is -9.20. The van der Waals surface area contributed by atoms with Crippen molar-refractivity contribution in [2.75, 3.05) is 26.7 Å². The zero-order valence-corrected chi connectivity index (χ0v) is 50.3. The summed E-state index contributed by atoms with van der Waals surface area (Å²) in [5.74, 6) is -6.59. The molecule has 0 bridgehead atoms.